The summed E-state index contributed by atoms with van der Waals surface area (Å²) in [7, 11) is 0. The Bertz CT molecular complexity index is 535. The van der Waals surface area contributed by atoms with Gasteiger partial charge in [0.15, 0.2) is 5.88 Å². The summed E-state index contributed by atoms with van der Waals surface area (Å²) in [4.78, 5) is 25.1. The Labute approximate surface area is 122 Å². The minimum absolute atomic E-state index is 0.125. The first kappa shape index (κ1) is 15.5. The maximum atomic E-state index is 11.8. The average molecular weight is 295 g/mol. The van der Waals surface area contributed by atoms with Gasteiger partial charge in [0.1, 0.15) is 0 Å². The van der Waals surface area contributed by atoms with Crippen LogP contribution in [0.4, 0.5) is 0 Å². The van der Waals surface area contributed by atoms with Crippen molar-refractivity contribution in [3.8, 4) is 5.88 Å². The molecule has 1 aliphatic rings. The van der Waals surface area contributed by atoms with Crippen LogP contribution >= 0.6 is 0 Å². The fraction of sp³-hybridized carbons (Fsp3) is 0.571. The van der Waals surface area contributed by atoms with Crippen molar-refractivity contribution in [2.75, 3.05) is 13.2 Å². The number of carbonyl (C=O) groups is 1. The van der Waals surface area contributed by atoms with Gasteiger partial charge >= 0.3 is 0 Å². The smallest absolute Gasteiger partial charge is 0.251 e. The number of carbonyl (C=O) groups excluding carboxylic acids is 1. The Morgan fingerprint density at radius 2 is 2.10 bits per heavy atom. The number of hydrogen-bond acceptors (Lipinski definition) is 5. The third kappa shape index (κ3) is 4.87. The number of H-pyrrole nitrogens is 1. The number of aromatic hydroxyl groups is 1. The van der Waals surface area contributed by atoms with Crippen LogP contribution in [-0.2, 0) is 4.74 Å². The monoisotopic (exact) mass is 295 g/mol. The predicted molar refractivity (Wildman–Crippen MR) is 77.2 cm³/mol. The molecule has 0 radical (unpaired) electrons. The summed E-state index contributed by atoms with van der Waals surface area (Å²) in [6, 6.07) is 2.63. The largest absolute Gasteiger partial charge is 0.494 e. The van der Waals surface area contributed by atoms with Gasteiger partial charge in [0.05, 0.1) is 18.3 Å². The standard InChI is InChI=1S/C14H21N3O4/c15-10-1-3-11(4-2-10)21-6-5-16-14(20)9-7-12(18)17-13(19)8-9/h7-8,10-11H,1-6,15H2,(H,16,20)(H2,17,18,19). The fourth-order valence-corrected chi connectivity index (χ4v) is 2.41. The highest BCUT2D eigenvalue weighted by Crippen LogP contribution is 2.19. The first-order valence-corrected chi connectivity index (χ1v) is 7.13. The zero-order chi connectivity index (χ0) is 15.2. The highest BCUT2D eigenvalue weighted by Gasteiger charge is 2.18. The van der Waals surface area contributed by atoms with Gasteiger partial charge in [0, 0.05) is 24.7 Å². The van der Waals surface area contributed by atoms with Gasteiger partial charge in [-0.3, -0.25) is 14.6 Å². The molecule has 7 nitrogen and oxygen atoms in total. The number of hydrogen-bond donors (Lipinski definition) is 4. The summed E-state index contributed by atoms with van der Waals surface area (Å²) in [5.41, 5.74) is 5.43. The lowest BCUT2D eigenvalue weighted by atomic mass is 9.94. The van der Waals surface area contributed by atoms with Crippen molar-refractivity contribution in [2.45, 2.75) is 37.8 Å². The zero-order valence-corrected chi connectivity index (χ0v) is 11.8. The molecule has 1 aromatic heterocycles. The first-order chi connectivity index (χ1) is 10.0. The van der Waals surface area contributed by atoms with E-state index in [2.05, 4.69) is 10.3 Å². The van der Waals surface area contributed by atoms with E-state index in [1.165, 1.54) is 6.07 Å². The van der Waals surface area contributed by atoms with Crippen LogP contribution < -0.4 is 16.6 Å². The molecular formula is C14H21N3O4. The number of ether oxygens (including phenoxy) is 1. The molecule has 0 spiro atoms. The van der Waals surface area contributed by atoms with Crippen molar-refractivity contribution >= 4 is 5.91 Å². The summed E-state index contributed by atoms with van der Waals surface area (Å²) < 4.78 is 5.68. The van der Waals surface area contributed by atoms with Crippen LogP contribution in [0.15, 0.2) is 16.9 Å². The fourth-order valence-electron chi connectivity index (χ4n) is 2.41. The van der Waals surface area contributed by atoms with Crippen LogP contribution in [0.1, 0.15) is 36.0 Å². The van der Waals surface area contributed by atoms with Crippen molar-refractivity contribution in [1.29, 1.82) is 0 Å². The summed E-state index contributed by atoms with van der Waals surface area (Å²) >= 11 is 0. The van der Waals surface area contributed by atoms with Crippen molar-refractivity contribution in [3.63, 3.8) is 0 Å². The number of aromatic amines is 1. The number of pyridine rings is 1. The van der Waals surface area contributed by atoms with Crippen LogP contribution in [-0.4, -0.2) is 41.3 Å². The summed E-state index contributed by atoms with van der Waals surface area (Å²) in [5, 5.41) is 11.9. The molecule has 2 rings (SSSR count). The highest BCUT2D eigenvalue weighted by molar-refractivity contribution is 5.94. The average Bonchev–Trinajstić information content (AvgIpc) is 2.44. The molecule has 116 valence electrons. The maximum absolute atomic E-state index is 11.8. The van der Waals surface area contributed by atoms with Crippen LogP contribution in [0.2, 0.25) is 0 Å². The molecule has 1 aliphatic carbocycles. The molecule has 1 fully saturated rings. The molecule has 0 saturated heterocycles. The topological polar surface area (TPSA) is 117 Å². The van der Waals surface area contributed by atoms with E-state index in [9.17, 15) is 14.7 Å². The Balaban J connectivity index is 1.71. The van der Waals surface area contributed by atoms with Gasteiger partial charge in [-0.1, -0.05) is 0 Å². The second-order valence-electron chi connectivity index (χ2n) is 5.28. The van der Waals surface area contributed by atoms with E-state index < -0.39 is 11.5 Å². The third-order valence-corrected chi connectivity index (χ3v) is 3.55. The molecule has 0 unspecified atom stereocenters. The Kier molecular flexibility index (Phi) is 5.35. The first-order valence-electron chi connectivity index (χ1n) is 7.13. The summed E-state index contributed by atoms with van der Waals surface area (Å²) in [6.45, 7) is 0.774. The van der Waals surface area contributed by atoms with Crippen molar-refractivity contribution in [3.05, 3.63) is 28.0 Å². The highest BCUT2D eigenvalue weighted by atomic mass is 16.5. The SMILES string of the molecule is NC1CCC(OCCNC(=O)c2cc(O)[nH]c(=O)c2)CC1. The van der Waals surface area contributed by atoms with E-state index in [0.717, 1.165) is 31.7 Å². The molecule has 1 aromatic rings. The third-order valence-electron chi connectivity index (χ3n) is 3.55. The number of nitrogens with two attached hydrogens (primary N) is 1. The van der Waals surface area contributed by atoms with Gasteiger partial charge in [-0.2, -0.15) is 0 Å². The van der Waals surface area contributed by atoms with Gasteiger partial charge in [-0.25, -0.2) is 0 Å². The van der Waals surface area contributed by atoms with Crippen LogP contribution in [0, 0.1) is 0 Å². The van der Waals surface area contributed by atoms with E-state index >= 15 is 0 Å². The lowest BCUT2D eigenvalue weighted by Gasteiger charge is -2.26. The molecule has 21 heavy (non-hydrogen) atoms. The molecule has 0 atom stereocenters. The van der Waals surface area contributed by atoms with Gasteiger partial charge in [0.25, 0.3) is 11.5 Å². The zero-order valence-electron chi connectivity index (χ0n) is 11.8. The van der Waals surface area contributed by atoms with Gasteiger partial charge < -0.3 is 20.9 Å². The second kappa shape index (κ2) is 7.24. The molecule has 0 aromatic carbocycles. The number of amides is 1. The van der Waals surface area contributed by atoms with E-state index in [1.807, 2.05) is 0 Å². The Hall–Kier alpha value is -1.86. The molecule has 7 heteroatoms. The van der Waals surface area contributed by atoms with Crippen LogP contribution in [0.3, 0.4) is 0 Å². The van der Waals surface area contributed by atoms with Gasteiger partial charge in [0.2, 0.25) is 0 Å². The van der Waals surface area contributed by atoms with E-state index in [4.69, 9.17) is 10.5 Å². The van der Waals surface area contributed by atoms with Crippen molar-refractivity contribution in [1.82, 2.24) is 10.3 Å². The molecule has 0 aliphatic heterocycles. The second-order valence-corrected chi connectivity index (χ2v) is 5.28. The molecule has 1 amide bonds. The lowest BCUT2D eigenvalue weighted by molar-refractivity contribution is 0.0267. The van der Waals surface area contributed by atoms with Crippen LogP contribution in [0.5, 0.6) is 5.88 Å². The molecule has 0 bridgehead atoms. The maximum Gasteiger partial charge on any atom is 0.251 e. The molecule has 5 N–H and O–H groups in total. The quantitative estimate of drug-likeness (QED) is 0.575. The van der Waals surface area contributed by atoms with Crippen LogP contribution in [0.25, 0.3) is 0 Å². The number of aromatic nitrogens is 1. The molecule has 1 heterocycles. The number of nitrogens with one attached hydrogen (secondary N) is 2. The summed E-state index contributed by atoms with van der Waals surface area (Å²) in [5.74, 6) is -0.742. The van der Waals surface area contributed by atoms with E-state index in [0.29, 0.717) is 13.2 Å². The summed E-state index contributed by atoms with van der Waals surface area (Å²) in [6.07, 6.45) is 4.07. The van der Waals surface area contributed by atoms with Crippen molar-refractivity contribution in [2.24, 2.45) is 5.73 Å². The minimum Gasteiger partial charge on any atom is -0.494 e. The minimum atomic E-state index is -0.519. The van der Waals surface area contributed by atoms with Gasteiger partial charge in [-0.15, -0.1) is 0 Å². The molecular weight excluding hydrogens is 274 g/mol. The number of rotatable bonds is 5. The van der Waals surface area contributed by atoms with E-state index in [1.54, 1.807) is 0 Å². The van der Waals surface area contributed by atoms with Gasteiger partial charge in [-0.05, 0) is 25.7 Å². The lowest BCUT2D eigenvalue weighted by Crippen LogP contribution is -2.33. The van der Waals surface area contributed by atoms with E-state index in [-0.39, 0.29) is 23.6 Å². The normalized spacial score (nSPS) is 22.0. The predicted octanol–water partition coefficient (Wildman–Crippen LogP) is 0.0968. The van der Waals surface area contributed by atoms with Crippen molar-refractivity contribution < 1.29 is 14.6 Å². The Morgan fingerprint density at radius 3 is 2.76 bits per heavy atom. The Morgan fingerprint density at radius 1 is 1.38 bits per heavy atom. The molecule has 1 saturated carbocycles.